The van der Waals surface area contributed by atoms with Crippen molar-refractivity contribution in [2.24, 2.45) is 0 Å². The number of hydrogen-bond acceptors (Lipinski definition) is 5. The van der Waals surface area contributed by atoms with Gasteiger partial charge < -0.3 is 14.6 Å². The lowest BCUT2D eigenvalue weighted by Gasteiger charge is -2.14. The molecule has 1 saturated heterocycles. The summed E-state index contributed by atoms with van der Waals surface area (Å²) in [6, 6.07) is 0. The average molecular weight is 291 g/mol. The van der Waals surface area contributed by atoms with E-state index >= 15 is 0 Å². The molecular formula is C14H17N3O2S. The molecule has 3 heterocycles. The van der Waals surface area contributed by atoms with E-state index in [-0.39, 0.29) is 5.97 Å². The van der Waals surface area contributed by atoms with Crippen LogP contribution in [-0.4, -0.2) is 35.7 Å². The number of ether oxygens (including phenoxy) is 1. The van der Waals surface area contributed by atoms with Crippen LogP contribution in [0, 0.1) is 6.92 Å². The van der Waals surface area contributed by atoms with E-state index in [1.807, 2.05) is 23.1 Å². The monoisotopic (exact) mass is 291 g/mol. The third-order valence-corrected chi connectivity index (χ3v) is 4.77. The Labute approximate surface area is 121 Å². The van der Waals surface area contributed by atoms with E-state index in [0.29, 0.717) is 10.8 Å². The zero-order valence-electron chi connectivity index (χ0n) is 11.5. The summed E-state index contributed by atoms with van der Waals surface area (Å²) >= 11 is 1.42. The number of nitrogens with one attached hydrogen (secondary N) is 1. The van der Waals surface area contributed by atoms with Gasteiger partial charge in [0.2, 0.25) is 0 Å². The number of nitrogens with zero attached hydrogens (tertiary/aromatic N) is 2. The third kappa shape index (κ3) is 2.14. The molecule has 0 amide bonds. The van der Waals surface area contributed by atoms with Crippen LogP contribution in [0.25, 0.3) is 5.69 Å². The van der Waals surface area contributed by atoms with E-state index in [4.69, 9.17) is 4.74 Å². The number of thiophene rings is 1. The van der Waals surface area contributed by atoms with Crippen LogP contribution in [0.1, 0.15) is 33.3 Å². The highest BCUT2D eigenvalue weighted by Gasteiger charge is 2.25. The summed E-state index contributed by atoms with van der Waals surface area (Å²) in [5.74, 6) is 0.157. The fraction of sp³-hybridized carbons (Fsp3) is 0.429. The van der Waals surface area contributed by atoms with Crippen molar-refractivity contribution in [2.75, 3.05) is 20.2 Å². The summed E-state index contributed by atoms with van der Waals surface area (Å²) in [7, 11) is 1.41. The van der Waals surface area contributed by atoms with E-state index < -0.39 is 0 Å². The number of aromatic nitrogens is 2. The predicted molar refractivity (Wildman–Crippen MR) is 77.7 cm³/mol. The number of esters is 1. The molecule has 0 radical (unpaired) electrons. The van der Waals surface area contributed by atoms with Crippen molar-refractivity contribution in [1.82, 2.24) is 14.9 Å². The zero-order valence-corrected chi connectivity index (χ0v) is 12.4. The Balaban J connectivity index is 2.07. The number of carbonyl (C=O) groups is 1. The lowest BCUT2D eigenvalue weighted by atomic mass is 10.1. The van der Waals surface area contributed by atoms with Gasteiger partial charge in [-0.05, 0) is 30.8 Å². The van der Waals surface area contributed by atoms with E-state index in [1.165, 1.54) is 18.4 Å². The standard InChI is InChI=1S/C14H17N3O2S/c1-9-7-20-13(14(18)19-2)12(9)17-8-16-6-11(17)10-3-4-15-5-10/h6-8,10,15H,3-5H2,1-2H3. The van der Waals surface area contributed by atoms with Crippen molar-refractivity contribution in [3.63, 3.8) is 0 Å². The number of methoxy groups -OCH3 is 1. The molecule has 0 aromatic carbocycles. The van der Waals surface area contributed by atoms with Gasteiger partial charge in [0.05, 0.1) is 19.1 Å². The van der Waals surface area contributed by atoms with Gasteiger partial charge in [0.1, 0.15) is 4.88 Å². The largest absolute Gasteiger partial charge is 0.465 e. The fourth-order valence-corrected chi connectivity index (χ4v) is 3.63. The van der Waals surface area contributed by atoms with Gasteiger partial charge in [0.15, 0.2) is 0 Å². The van der Waals surface area contributed by atoms with Gasteiger partial charge in [-0.25, -0.2) is 9.78 Å². The second-order valence-corrected chi connectivity index (χ2v) is 5.85. The summed E-state index contributed by atoms with van der Waals surface area (Å²) < 4.78 is 6.92. The fourth-order valence-electron chi connectivity index (χ4n) is 2.68. The van der Waals surface area contributed by atoms with E-state index in [0.717, 1.165) is 36.5 Å². The zero-order chi connectivity index (χ0) is 14.1. The van der Waals surface area contributed by atoms with Gasteiger partial charge in [0.25, 0.3) is 0 Å². The van der Waals surface area contributed by atoms with E-state index in [1.54, 1.807) is 6.33 Å². The number of hydrogen-bond donors (Lipinski definition) is 1. The van der Waals surface area contributed by atoms with Crippen LogP contribution < -0.4 is 5.32 Å². The van der Waals surface area contributed by atoms with Crippen LogP contribution in [0.15, 0.2) is 17.9 Å². The van der Waals surface area contributed by atoms with Crippen LogP contribution in [0.2, 0.25) is 0 Å². The molecule has 1 aliphatic rings. The second kappa shape index (κ2) is 5.38. The first-order chi connectivity index (χ1) is 9.72. The smallest absolute Gasteiger partial charge is 0.350 e. The maximum absolute atomic E-state index is 11.9. The van der Waals surface area contributed by atoms with Crippen LogP contribution >= 0.6 is 11.3 Å². The first kappa shape index (κ1) is 13.3. The topological polar surface area (TPSA) is 56.2 Å². The lowest BCUT2D eigenvalue weighted by Crippen LogP contribution is -2.12. The van der Waals surface area contributed by atoms with Crippen LogP contribution in [0.3, 0.4) is 0 Å². The lowest BCUT2D eigenvalue weighted by molar-refractivity contribution is 0.0606. The van der Waals surface area contributed by atoms with Gasteiger partial charge >= 0.3 is 5.97 Å². The quantitative estimate of drug-likeness (QED) is 0.880. The minimum atomic E-state index is -0.290. The summed E-state index contributed by atoms with van der Waals surface area (Å²) in [6.07, 6.45) is 4.79. The molecule has 2 aromatic rings. The summed E-state index contributed by atoms with van der Waals surface area (Å²) in [4.78, 5) is 16.8. The van der Waals surface area contributed by atoms with Gasteiger partial charge in [-0.2, -0.15) is 0 Å². The van der Waals surface area contributed by atoms with Crippen molar-refractivity contribution in [2.45, 2.75) is 19.3 Å². The molecule has 20 heavy (non-hydrogen) atoms. The molecule has 1 fully saturated rings. The molecule has 1 unspecified atom stereocenters. The highest BCUT2D eigenvalue weighted by molar-refractivity contribution is 7.12. The van der Waals surface area contributed by atoms with Crippen molar-refractivity contribution >= 4 is 17.3 Å². The summed E-state index contributed by atoms with van der Waals surface area (Å²) in [5.41, 5.74) is 3.13. The van der Waals surface area contributed by atoms with Crippen molar-refractivity contribution in [3.05, 3.63) is 34.0 Å². The highest BCUT2D eigenvalue weighted by atomic mass is 32.1. The molecule has 1 aliphatic heterocycles. The first-order valence-corrected chi connectivity index (χ1v) is 7.50. The molecule has 1 atom stereocenters. The highest BCUT2D eigenvalue weighted by Crippen LogP contribution is 2.31. The Morgan fingerprint density at radius 1 is 1.60 bits per heavy atom. The molecule has 1 N–H and O–H groups in total. The molecule has 106 valence electrons. The molecule has 6 heteroatoms. The minimum absolute atomic E-state index is 0.290. The normalized spacial score (nSPS) is 18.4. The summed E-state index contributed by atoms with van der Waals surface area (Å²) in [6.45, 7) is 4.00. The maximum atomic E-state index is 11.9. The number of rotatable bonds is 3. The Kier molecular flexibility index (Phi) is 3.58. The van der Waals surface area contributed by atoms with E-state index in [2.05, 4.69) is 10.3 Å². The van der Waals surface area contributed by atoms with Crippen LogP contribution in [0.4, 0.5) is 0 Å². The average Bonchev–Trinajstić information content (AvgIpc) is 3.16. The van der Waals surface area contributed by atoms with Gasteiger partial charge in [-0.3, -0.25) is 0 Å². The number of aryl methyl sites for hydroxylation is 1. The predicted octanol–water partition coefficient (Wildman–Crippen LogP) is 2.11. The van der Waals surface area contributed by atoms with Crippen molar-refractivity contribution < 1.29 is 9.53 Å². The number of imidazole rings is 1. The van der Waals surface area contributed by atoms with Crippen LogP contribution in [0.5, 0.6) is 0 Å². The SMILES string of the molecule is COC(=O)c1scc(C)c1-n1cncc1C1CCNC1. The molecule has 3 rings (SSSR count). The number of carbonyl (C=O) groups excluding carboxylic acids is 1. The van der Waals surface area contributed by atoms with Gasteiger partial charge in [0, 0.05) is 24.4 Å². The molecule has 0 aliphatic carbocycles. The molecule has 0 saturated carbocycles. The third-order valence-electron chi connectivity index (χ3n) is 3.70. The van der Waals surface area contributed by atoms with Gasteiger partial charge in [-0.1, -0.05) is 0 Å². The molecule has 0 spiro atoms. The Hall–Kier alpha value is -1.66. The van der Waals surface area contributed by atoms with Crippen LogP contribution in [-0.2, 0) is 4.74 Å². The molecule has 2 aromatic heterocycles. The second-order valence-electron chi connectivity index (χ2n) is 4.97. The Morgan fingerprint density at radius 2 is 2.45 bits per heavy atom. The first-order valence-electron chi connectivity index (χ1n) is 6.62. The van der Waals surface area contributed by atoms with Crippen molar-refractivity contribution in [1.29, 1.82) is 0 Å². The molecule has 5 nitrogen and oxygen atoms in total. The minimum Gasteiger partial charge on any atom is -0.465 e. The molecule has 0 bridgehead atoms. The van der Waals surface area contributed by atoms with Crippen molar-refractivity contribution in [3.8, 4) is 5.69 Å². The maximum Gasteiger partial charge on any atom is 0.350 e. The summed E-state index contributed by atoms with van der Waals surface area (Å²) in [5, 5.41) is 5.35. The Morgan fingerprint density at radius 3 is 3.15 bits per heavy atom. The van der Waals surface area contributed by atoms with Gasteiger partial charge in [-0.15, -0.1) is 11.3 Å². The Bertz CT molecular complexity index is 626. The van der Waals surface area contributed by atoms with E-state index in [9.17, 15) is 4.79 Å². The molecular weight excluding hydrogens is 274 g/mol.